The van der Waals surface area contributed by atoms with Crippen molar-refractivity contribution in [1.82, 2.24) is 4.90 Å². The van der Waals surface area contributed by atoms with Gasteiger partial charge in [-0.1, -0.05) is 58.4 Å². The largest absolute Gasteiger partial charge is 0.497 e. The average molecular weight is 451 g/mol. The maximum Gasteiger partial charge on any atom is 0.137 e. The van der Waals surface area contributed by atoms with Crippen molar-refractivity contribution in [1.29, 1.82) is 0 Å². The number of hydrogen-bond acceptors (Lipinski definition) is 4. The molecule has 0 spiro atoms. The number of ether oxygens (including phenoxy) is 1. The fraction of sp³-hybridized carbons (Fsp3) is 0.208. The summed E-state index contributed by atoms with van der Waals surface area (Å²) in [6, 6.07) is 24.7. The molecule has 0 radical (unpaired) electrons. The van der Waals surface area contributed by atoms with Crippen LogP contribution in [0.5, 0.6) is 5.75 Å². The molecule has 1 atom stereocenters. The molecule has 4 rings (SSSR count). The van der Waals surface area contributed by atoms with Gasteiger partial charge in [0.2, 0.25) is 0 Å². The molecule has 0 amide bonds. The second-order valence-electron chi connectivity index (χ2n) is 6.95. The van der Waals surface area contributed by atoms with Crippen LogP contribution in [0, 0.1) is 0 Å². The number of methoxy groups -OCH3 is 1. The summed E-state index contributed by atoms with van der Waals surface area (Å²) < 4.78 is 6.47. The van der Waals surface area contributed by atoms with Crippen LogP contribution in [0.4, 0.5) is 5.69 Å². The number of aliphatic imine (C=N–C) groups is 1. The van der Waals surface area contributed by atoms with Gasteiger partial charge in [0.15, 0.2) is 0 Å². The minimum atomic E-state index is 0.00829. The Hall–Kier alpha value is -2.63. The van der Waals surface area contributed by atoms with E-state index in [0.717, 1.165) is 32.9 Å². The lowest BCUT2D eigenvalue weighted by molar-refractivity contribution is 0.254. The monoisotopic (exact) mass is 450 g/mol. The normalized spacial score (nSPS) is 15.6. The Balaban J connectivity index is 1.91. The molecule has 0 saturated heterocycles. The van der Waals surface area contributed by atoms with E-state index >= 15 is 0 Å². The first kappa shape index (κ1) is 19.7. The minimum absolute atomic E-state index is 0.00829. The highest BCUT2D eigenvalue weighted by atomic mass is 79.9. The lowest BCUT2D eigenvalue weighted by Crippen LogP contribution is -2.39. The summed E-state index contributed by atoms with van der Waals surface area (Å²) in [4.78, 5) is 7.31. The van der Waals surface area contributed by atoms with Crippen molar-refractivity contribution in [2.24, 2.45) is 4.99 Å². The fourth-order valence-corrected chi connectivity index (χ4v) is 4.16. The van der Waals surface area contributed by atoms with Crippen molar-refractivity contribution in [2.45, 2.75) is 12.5 Å². The number of benzene rings is 3. The van der Waals surface area contributed by atoms with Crippen LogP contribution in [-0.4, -0.2) is 36.1 Å². The molecule has 1 heterocycles. The maximum absolute atomic E-state index is 9.54. The third kappa shape index (κ3) is 4.07. The van der Waals surface area contributed by atoms with Gasteiger partial charge in [-0.3, -0.25) is 0 Å². The summed E-state index contributed by atoms with van der Waals surface area (Å²) in [5.41, 5.74) is 4.30. The Kier molecular flexibility index (Phi) is 5.97. The summed E-state index contributed by atoms with van der Waals surface area (Å²) in [7, 11) is 1.67. The van der Waals surface area contributed by atoms with Crippen LogP contribution >= 0.6 is 15.9 Å². The number of rotatable bonds is 6. The molecule has 1 aliphatic rings. The van der Waals surface area contributed by atoms with Crippen molar-refractivity contribution >= 4 is 27.5 Å². The standard InChI is InChI=1S/C24H23BrN2O2/c1-29-20-10-5-9-18(15-20)24-26-22-12-11-19(25)16-21(22)23(27(24)13-6-14-28)17-7-3-2-4-8-17/h2-5,7-12,15-16,23,28H,6,13-14H2,1H3. The lowest BCUT2D eigenvalue weighted by atomic mass is 9.92. The van der Waals surface area contributed by atoms with E-state index in [-0.39, 0.29) is 12.6 Å². The van der Waals surface area contributed by atoms with E-state index in [1.807, 2.05) is 30.3 Å². The zero-order valence-corrected chi connectivity index (χ0v) is 17.8. The molecule has 1 unspecified atom stereocenters. The molecular weight excluding hydrogens is 428 g/mol. The van der Waals surface area contributed by atoms with E-state index in [1.165, 1.54) is 5.56 Å². The Bertz CT molecular complexity index is 1020. The Morgan fingerprint density at radius 3 is 2.62 bits per heavy atom. The number of aliphatic hydroxyl groups excluding tert-OH is 1. The second kappa shape index (κ2) is 8.80. The van der Waals surface area contributed by atoms with E-state index in [9.17, 15) is 5.11 Å². The molecule has 5 heteroatoms. The van der Waals surface area contributed by atoms with Gasteiger partial charge >= 0.3 is 0 Å². The van der Waals surface area contributed by atoms with E-state index in [4.69, 9.17) is 9.73 Å². The van der Waals surface area contributed by atoms with Gasteiger partial charge in [-0.25, -0.2) is 4.99 Å². The van der Waals surface area contributed by atoms with E-state index < -0.39 is 0 Å². The van der Waals surface area contributed by atoms with Crippen molar-refractivity contribution in [3.05, 3.63) is 94.0 Å². The molecule has 0 bridgehead atoms. The Morgan fingerprint density at radius 1 is 1.03 bits per heavy atom. The molecule has 4 nitrogen and oxygen atoms in total. The highest BCUT2D eigenvalue weighted by molar-refractivity contribution is 9.10. The van der Waals surface area contributed by atoms with Gasteiger partial charge in [-0.05, 0) is 42.3 Å². The van der Waals surface area contributed by atoms with Gasteiger partial charge in [-0.15, -0.1) is 0 Å². The molecule has 0 aliphatic carbocycles. The average Bonchev–Trinajstić information content (AvgIpc) is 2.77. The van der Waals surface area contributed by atoms with Crippen molar-refractivity contribution in [3.63, 3.8) is 0 Å². The molecule has 3 aromatic carbocycles. The first-order valence-electron chi connectivity index (χ1n) is 9.66. The number of fused-ring (bicyclic) bond motifs is 1. The molecule has 29 heavy (non-hydrogen) atoms. The molecule has 0 aromatic heterocycles. The third-order valence-electron chi connectivity index (χ3n) is 5.09. The zero-order valence-electron chi connectivity index (χ0n) is 16.3. The summed E-state index contributed by atoms with van der Waals surface area (Å²) in [6.07, 6.45) is 0.662. The molecule has 0 fully saturated rings. The first-order chi connectivity index (χ1) is 14.2. The van der Waals surface area contributed by atoms with Crippen LogP contribution in [-0.2, 0) is 0 Å². The SMILES string of the molecule is COc1cccc(C2=Nc3ccc(Br)cc3C(c3ccccc3)N2CCCO)c1. The van der Waals surface area contributed by atoms with Crippen molar-refractivity contribution < 1.29 is 9.84 Å². The number of nitrogens with zero attached hydrogens (tertiary/aromatic N) is 2. The predicted octanol–water partition coefficient (Wildman–Crippen LogP) is 5.32. The van der Waals surface area contributed by atoms with Crippen LogP contribution in [0.3, 0.4) is 0 Å². The maximum atomic E-state index is 9.54. The summed E-state index contributed by atoms with van der Waals surface area (Å²) in [5, 5.41) is 9.54. The van der Waals surface area contributed by atoms with Crippen LogP contribution in [0.2, 0.25) is 0 Å². The van der Waals surface area contributed by atoms with E-state index in [1.54, 1.807) is 7.11 Å². The summed E-state index contributed by atoms with van der Waals surface area (Å²) >= 11 is 3.62. The first-order valence-corrected chi connectivity index (χ1v) is 10.5. The predicted molar refractivity (Wildman–Crippen MR) is 120 cm³/mol. The fourth-order valence-electron chi connectivity index (χ4n) is 3.78. The molecule has 148 valence electrons. The van der Waals surface area contributed by atoms with Gasteiger partial charge in [-0.2, -0.15) is 0 Å². The zero-order chi connectivity index (χ0) is 20.2. The molecule has 1 N–H and O–H groups in total. The van der Waals surface area contributed by atoms with Gasteiger partial charge in [0.25, 0.3) is 0 Å². The summed E-state index contributed by atoms with van der Waals surface area (Å²) in [5.74, 6) is 1.69. The number of halogens is 1. The van der Waals surface area contributed by atoms with Crippen LogP contribution in [0.15, 0.2) is 82.3 Å². The van der Waals surface area contributed by atoms with Gasteiger partial charge in [0, 0.05) is 28.8 Å². The highest BCUT2D eigenvalue weighted by Crippen LogP contribution is 2.41. The molecule has 0 saturated carbocycles. The van der Waals surface area contributed by atoms with Crippen molar-refractivity contribution in [3.8, 4) is 5.75 Å². The topological polar surface area (TPSA) is 45.1 Å². The second-order valence-corrected chi connectivity index (χ2v) is 7.87. The van der Waals surface area contributed by atoms with Crippen LogP contribution in [0.25, 0.3) is 0 Å². The van der Waals surface area contributed by atoms with E-state index in [0.29, 0.717) is 13.0 Å². The third-order valence-corrected chi connectivity index (χ3v) is 5.59. The highest BCUT2D eigenvalue weighted by Gasteiger charge is 2.32. The quantitative estimate of drug-likeness (QED) is 0.552. The molecule has 1 aliphatic heterocycles. The molecular formula is C24H23BrN2O2. The van der Waals surface area contributed by atoms with Gasteiger partial charge < -0.3 is 14.7 Å². The molecule has 3 aromatic rings. The Morgan fingerprint density at radius 2 is 1.86 bits per heavy atom. The smallest absolute Gasteiger partial charge is 0.137 e. The summed E-state index contributed by atoms with van der Waals surface area (Å²) in [6.45, 7) is 0.826. The number of aliphatic hydroxyl groups is 1. The number of amidine groups is 1. The van der Waals surface area contributed by atoms with Crippen molar-refractivity contribution in [2.75, 3.05) is 20.3 Å². The lowest BCUT2D eigenvalue weighted by Gasteiger charge is -2.39. The van der Waals surface area contributed by atoms with E-state index in [2.05, 4.69) is 63.3 Å². The van der Waals surface area contributed by atoms with Crippen LogP contribution in [0.1, 0.15) is 29.2 Å². The minimum Gasteiger partial charge on any atom is -0.497 e. The Labute approximate surface area is 179 Å². The van der Waals surface area contributed by atoms with Gasteiger partial charge in [0.1, 0.15) is 11.6 Å². The number of hydrogen-bond donors (Lipinski definition) is 1. The van der Waals surface area contributed by atoms with Crippen LogP contribution < -0.4 is 4.74 Å². The van der Waals surface area contributed by atoms with Gasteiger partial charge in [0.05, 0.1) is 18.8 Å².